The van der Waals surface area contributed by atoms with Crippen LogP contribution < -0.4 is 4.74 Å². The Kier molecular flexibility index (Phi) is 10.3. The first-order valence-corrected chi connectivity index (χ1v) is 11.0. The molecular formula is C25H38O. The van der Waals surface area contributed by atoms with Gasteiger partial charge in [0.2, 0.25) is 0 Å². The van der Waals surface area contributed by atoms with Crippen molar-refractivity contribution >= 4 is 0 Å². The fraction of sp³-hybridized carbons (Fsp3) is 0.680. The van der Waals surface area contributed by atoms with E-state index in [4.69, 9.17) is 11.2 Å². The summed E-state index contributed by atoms with van der Waals surface area (Å²) in [4.78, 5) is 0. The molecule has 1 heteroatoms. The van der Waals surface area contributed by atoms with Crippen LogP contribution in [0.3, 0.4) is 0 Å². The van der Waals surface area contributed by atoms with Gasteiger partial charge in [0, 0.05) is 6.42 Å². The van der Waals surface area contributed by atoms with Crippen molar-refractivity contribution < 1.29 is 4.74 Å². The first kappa shape index (κ1) is 20.9. The molecule has 1 nitrogen and oxygen atoms in total. The molecule has 144 valence electrons. The summed E-state index contributed by atoms with van der Waals surface area (Å²) in [5, 5.41) is 0. The first-order chi connectivity index (χ1) is 12.8. The second-order valence-electron chi connectivity index (χ2n) is 8.00. The summed E-state index contributed by atoms with van der Waals surface area (Å²) in [6.45, 7) is 3.11. The van der Waals surface area contributed by atoms with E-state index in [1.807, 2.05) is 0 Å². The van der Waals surface area contributed by atoms with E-state index < -0.39 is 0 Å². The molecule has 0 bridgehead atoms. The van der Waals surface area contributed by atoms with Crippen LogP contribution >= 0.6 is 0 Å². The second kappa shape index (κ2) is 12.9. The summed E-state index contributed by atoms with van der Waals surface area (Å²) in [6.07, 6.45) is 22.1. The van der Waals surface area contributed by atoms with E-state index >= 15 is 0 Å². The van der Waals surface area contributed by atoms with Crippen molar-refractivity contribution in [1.29, 1.82) is 0 Å². The van der Waals surface area contributed by atoms with Crippen LogP contribution in [0.15, 0.2) is 24.3 Å². The third-order valence-corrected chi connectivity index (χ3v) is 5.90. The second-order valence-corrected chi connectivity index (χ2v) is 8.00. The maximum Gasteiger partial charge on any atom is 0.119 e. The standard InChI is InChI=1S/C25H38O/c1-3-5-7-8-9-11-21-26-25-19-17-24(18-20-25)23-15-13-22(14-16-23)12-10-6-4-2/h1,17-20,22-23H,4-16,21H2,2H3. The van der Waals surface area contributed by atoms with Gasteiger partial charge in [-0.15, -0.1) is 12.3 Å². The average Bonchev–Trinajstić information content (AvgIpc) is 2.69. The molecule has 0 N–H and O–H groups in total. The maximum atomic E-state index is 5.89. The third-order valence-electron chi connectivity index (χ3n) is 5.90. The molecule has 1 saturated carbocycles. The maximum absolute atomic E-state index is 5.89. The largest absolute Gasteiger partial charge is 0.494 e. The van der Waals surface area contributed by atoms with Crippen LogP contribution in [-0.4, -0.2) is 6.61 Å². The van der Waals surface area contributed by atoms with Crippen LogP contribution in [0, 0.1) is 18.3 Å². The molecule has 0 atom stereocenters. The SMILES string of the molecule is C#CCCCCCCOc1ccc(C2CCC(CCCCC)CC2)cc1. The van der Waals surface area contributed by atoms with Crippen molar-refractivity contribution in [2.75, 3.05) is 6.61 Å². The van der Waals surface area contributed by atoms with Crippen LogP contribution in [0.4, 0.5) is 0 Å². The van der Waals surface area contributed by atoms with Crippen LogP contribution in [0.1, 0.15) is 102 Å². The molecule has 0 saturated heterocycles. The van der Waals surface area contributed by atoms with Gasteiger partial charge in [0.25, 0.3) is 0 Å². The molecule has 1 aliphatic carbocycles. The summed E-state index contributed by atoms with van der Waals surface area (Å²) in [6, 6.07) is 8.93. The van der Waals surface area contributed by atoms with Crippen LogP contribution in [0.2, 0.25) is 0 Å². The van der Waals surface area contributed by atoms with Crippen molar-refractivity contribution in [2.45, 2.75) is 96.3 Å². The highest BCUT2D eigenvalue weighted by molar-refractivity contribution is 5.29. The lowest BCUT2D eigenvalue weighted by molar-refractivity contribution is 0.300. The van der Waals surface area contributed by atoms with Gasteiger partial charge < -0.3 is 4.74 Å². The van der Waals surface area contributed by atoms with Gasteiger partial charge in [-0.05, 0) is 68.1 Å². The predicted octanol–water partition coefficient (Wildman–Crippen LogP) is 7.50. The molecule has 1 aromatic carbocycles. The minimum atomic E-state index is 0.766. The molecule has 0 aliphatic heterocycles. The zero-order valence-corrected chi connectivity index (χ0v) is 16.8. The number of hydrogen-bond acceptors (Lipinski definition) is 1. The van der Waals surface area contributed by atoms with Gasteiger partial charge in [0.1, 0.15) is 5.75 Å². The molecule has 0 aromatic heterocycles. The zero-order chi connectivity index (χ0) is 18.5. The zero-order valence-electron chi connectivity index (χ0n) is 16.8. The van der Waals surface area contributed by atoms with Crippen molar-refractivity contribution in [3.63, 3.8) is 0 Å². The summed E-state index contributed by atoms with van der Waals surface area (Å²) in [7, 11) is 0. The molecule has 2 rings (SSSR count). The number of rotatable bonds is 12. The van der Waals surface area contributed by atoms with Crippen LogP contribution in [0.25, 0.3) is 0 Å². The van der Waals surface area contributed by atoms with E-state index in [2.05, 4.69) is 37.1 Å². The Morgan fingerprint density at radius 1 is 0.923 bits per heavy atom. The van der Waals surface area contributed by atoms with Gasteiger partial charge >= 0.3 is 0 Å². The smallest absolute Gasteiger partial charge is 0.119 e. The number of benzene rings is 1. The molecule has 1 fully saturated rings. The topological polar surface area (TPSA) is 9.23 Å². The summed E-state index contributed by atoms with van der Waals surface area (Å²) < 4.78 is 5.89. The average molecular weight is 355 g/mol. The van der Waals surface area contributed by atoms with E-state index in [0.29, 0.717) is 0 Å². The Hall–Kier alpha value is -1.42. The van der Waals surface area contributed by atoms with E-state index in [9.17, 15) is 0 Å². The van der Waals surface area contributed by atoms with Crippen LogP contribution in [-0.2, 0) is 0 Å². The molecule has 0 unspecified atom stereocenters. The Morgan fingerprint density at radius 3 is 2.35 bits per heavy atom. The predicted molar refractivity (Wildman–Crippen MR) is 113 cm³/mol. The minimum absolute atomic E-state index is 0.766. The number of terminal acetylenes is 1. The molecule has 0 spiro atoms. The van der Waals surface area contributed by atoms with Crippen molar-refractivity contribution in [3.05, 3.63) is 29.8 Å². The monoisotopic (exact) mass is 354 g/mol. The minimum Gasteiger partial charge on any atom is -0.494 e. The summed E-state index contributed by atoms with van der Waals surface area (Å²) in [5.74, 6) is 5.47. The molecule has 1 aromatic rings. The van der Waals surface area contributed by atoms with Gasteiger partial charge in [0.05, 0.1) is 6.61 Å². The van der Waals surface area contributed by atoms with Crippen LogP contribution in [0.5, 0.6) is 5.75 Å². The van der Waals surface area contributed by atoms with E-state index in [1.54, 1.807) is 0 Å². The quantitative estimate of drug-likeness (QED) is 0.279. The van der Waals surface area contributed by atoms with E-state index in [0.717, 1.165) is 43.5 Å². The molecule has 1 aliphatic rings. The Bertz CT molecular complexity index is 502. The number of unbranched alkanes of at least 4 members (excludes halogenated alkanes) is 6. The summed E-state index contributed by atoms with van der Waals surface area (Å²) in [5.41, 5.74) is 1.51. The first-order valence-electron chi connectivity index (χ1n) is 11.0. The highest BCUT2D eigenvalue weighted by Crippen LogP contribution is 2.38. The van der Waals surface area contributed by atoms with Gasteiger partial charge in [-0.1, -0.05) is 57.6 Å². The molecular weight excluding hydrogens is 316 g/mol. The van der Waals surface area contributed by atoms with E-state index in [1.165, 1.54) is 69.8 Å². The van der Waals surface area contributed by atoms with Gasteiger partial charge in [-0.25, -0.2) is 0 Å². The number of hydrogen-bond donors (Lipinski definition) is 0. The Balaban J connectivity index is 1.62. The van der Waals surface area contributed by atoms with Gasteiger partial charge in [0.15, 0.2) is 0 Å². The molecule has 0 heterocycles. The Morgan fingerprint density at radius 2 is 1.65 bits per heavy atom. The van der Waals surface area contributed by atoms with Crippen molar-refractivity contribution in [1.82, 2.24) is 0 Å². The normalized spacial score (nSPS) is 19.8. The fourth-order valence-corrected chi connectivity index (χ4v) is 4.18. The van der Waals surface area contributed by atoms with Gasteiger partial charge in [-0.2, -0.15) is 0 Å². The molecule has 0 radical (unpaired) electrons. The van der Waals surface area contributed by atoms with Gasteiger partial charge in [-0.3, -0.25) is 0 Å². The highest BCUT2D eigenvalue weighted by Gasteiger charge is 2.21. The Labute approximate surface area is 161 Å². The highest BCUT2D eigenvalue weighted by atomic mass is 16.5. The summed E-state index contributed by atoms with van der Waals surface area (Å²) >= 11 is 0. The lowest BCUT2D eigenvalue weighted by atomic mass is 9.77. The van der Waals surface area contributed by atoms with Crippen molar-refractivity contribution in [2.24, 2.45) is 5.92 Å². The molecule has 0 amide bonds. The fourth-order valence-electron chi connectivity index (χ4n) is 4.18. The lowest BCUT2D eigenvalue weighted by Crippen LogP contribution is -2.13. The molecule has 26 heavy (non-hydrogen) atoms. The van der Waals surface area contributed by atoms with E-state index in [-0.39, 0.29) is 0 Å². The third kappa shape index (κ3) is 7.86. The number of ether oxygens (including phenoxy) is 1. The van der Waals surface area contributed by atoms with Crippen molar-refractivity contribution in [3.8, 4) is 18.1 Å². The lowest BCUT2D eigenvalue weighted by Gasteiger charge is -2.29.